The molecular formula is C20H14N4. The predicted octanol–water partition coefficient (Wildman–Crippen LogP) is 4.77. The fourth-order valence-electron chi connectivity index (χ4n) is 3.15. The first-order valence-corrected chi connectivity index (χ1v) is 7.85. The lowest BCUT2D eigenvalue weighted by molar-refractivity contribution is 1.12. The summed E-state index contributed by atoms with van der Waals surface area (Å²) in [4.78, 5) is 7.52. The van der Waals surface area contributed by atoms with Crippen LogP contribution in [-0.4, -0.2) is 20.2 Å². The van der Waals surface area contributed by atoms with Crippen molar-refractivity contribution in [3.8, 4) is 22.5 Å². The summed E-state index contributed by atoms with van der Waals surface area (Å²) in [6.07, 6.45) is 3.62. The van der Waals surface area contributed by atoms with Crippen molar-refractivity contribution in [2.75, 3.05) is 0 Å². The summed E-state index contributed by atoms with van der Waals surface area (Å²) in [6.45, 7) is 0. The van der Waals surface area contributed by atoms with Gasteiger partial charge in [-0.15, -0.1) is 0 Å². The molecule has 0 saturated heterocycles. The number of pyridine rings is 1. The van der Waals surface area contributed by atoms with Crippen molar-refractivity contribution in [2.24, 2.45) is 0 Å². The van der Waals surface area contributed by atoms with Crippen LogP contribution in [-0.2, 0) is 0 Å². The molecule has 0 radical (unpaired) electrons. The molecule has 0 aliphatic carbocycles. The summed E-state index contributed by atoms with van der Waals surface area (Å²) in [5, 5.41) is 9.98. The second-order valence-corrected chi connectivity index (χ2v) is 5.84. The van der Waals surface area contributed by atoms with Gasteiger partial charge in [0, 0.05) is 28.7 Å². The summed E-state index contributed by atoms with van der Waals surface area (Å²) < 4.78 is 0. The summed E-state index contributed by atoms with van der Waals surface area (Å²) in [6, 6.07) is 20.8. The molecule has 0 bridgehead atoms. The molecule has 4 heteroatoms. The maximum absolute atomic E-state index is 4.53. The standard InChI is InChI=1S/C20H14N4/c1-2-4-17-15(3-1)12-19(22-17)20-16-6-5-14(11-18(16)23-24-20)13-7-9-21-10-8-13/h1-12,22H,(H,23,24). The Kier molecular flexibility index (Phi) is 2.76. The molecule has 0 amide bonds. The van der Waals surface area contributed by atoms with Gasteiger partial charge >= 0.3 is 0 Å². The van der Waals surface area contributed by atoms with Gasteiger partial charge < -0.3 is 4.98 Å². The van der Waals surface area contributed by atoms with E-state index >= 15 is 0 Å². The highest BCUT2D eigenvalue weighted by Gasteiger charge is 2.11. The van der Waals surface area contributed by atoms with Crippen LogP contribution >= 0.6 is 0 Å². The third kappa shape index (κ3) is 2.01. The van der Waals surface area contributed by atoms with Gasteiger partial charge in [-0.25, -0.2) is 0 Å². The Balaban J connectivity index is 1.65. The topological polar surface area (TPSA) is 57.4 Å². The molecule has 2 aromatic carbocycles. The van der Waals surface area contributed by atoms with E-state index < -0.39 is 0 Å². The number of hydrogen-bond acceptors (Lipinski definition) is 2. The normalized spacial score (nSPS) is 11.3. The van der Waals surface area contributed by atoms with Crippen LogP contribution < -0.4 is 0 Å². The van der Waals surface area contributed by atoms with Gasteiger partial charge in [0.2, 0.25) is 0 Å². The number of para-hydroxylation sites is 1. The molecule has 3 heterocycles. The van der Waals surface area contributed by atoms with Gasteiger partial charge in [-0.05, 0) is 47.5 Å². The lowest BCUT2D eigenvalue weighted by atomic mass is 10.0. The van der Waals surface area contributed by atoms with Crippen molar-refractivity contribution in [3.05, 3.63) is 73.1 Å². The molecule has 4 nitrogen and oxygen atoms in total. The minimum Gasteiger partial charge on any atom is -0.353 e. The molecule has 0 atom stereocenters. The van der Waals surface area contributed by atoms with Crippen LogP contribution in [0.2, 0.25) is 0 Å². The van der Waals surface area contributed by atoms with Crippen molar-refractivity contribution in [1.29, 1.82) is 0 Å². The summed E-state index contributed by atoms with van der Waals surface area (Å²) in [5.74, 6) is 0. The number of rotatable bonds is 2. The average molecular weight is 310 g/mol. The largest absolute Gasteiger partial charge is 0.353 e. The molecule has 0 aliphatic heterocycles. The van der Waals surface area contributed by atoms with E-state index in [1.807, 2.05) is 36.7 Å². The first-order valence-electron chi connectivity index (χ1n) is 7.85. The van der Waals surface area contributed by atoms with E-state index in [0.717, 1.165) is 38.9 Å². The fourth-order valence-corrected chi connectivity index (χ4v) is 3.15. The number of hydrogen-bond donors (Lipinski definition) is 2. The molecule has 24 heavy (non-hydrogen) atoms. The van der Waals surface area contributed by atoms with Crippen molar-refractivity contribution >= 4 is 21.8 Å². The Morgan fingerprint density at radius 1 is 0.750 bits per heavy atom. The van der Waals surface area contributed by atoms with Crippen LogP contribution in [0.3, 0.4) is 0 Å². The molecule has 0 saturated carbocycles. The Morgan fingerprint density at radius 2 is 1.62 bits per heavy atom. The highest BCUT2D eigenvalue weighted by atomic mass is 15.1. The van der Waals surface area contributed by atoms with Gasteiger partial charge in [-0.2, -0.15) is 5.10 Å². The molecule has 0 unspecified atom stereocenters. The van der Waals surface area contributed by atoms with E-state index in [2.05, 4.69) is 56.6 Å². The van der Waals surface area contributed by atoms with E-state index in [1.54, 1.807) is 0 Å². The second-order valence-electron chi connectivity index (χ2n) is 5.84. The van der Waals surface area contributed by atoms with Crippen LogP contribution in [0.1, 0.15) is 0 Å². The highest BCUT2D eigenvalue weighted by molar-refractivity contribution is 5.97. The third-order valence-corrected chi connectivity index (χ3v) is 4.36. The first kappa shape index (κ1) is 13.1. The summed E-state index contributed by atoms with van der Waals surface area (Å²) in [7, 11) is 0. The Labute approximate surface area is 138 Å². The molecule has 114 valence electrons. The molecule has 5 rings (SSSR count). The third-order valence-electron chi connectivity index (χ3n) is 4.36. The van der Waals surface area contributed by atoms with Gasteiger partial charge in [0.15, 0.2) is 0 Å². The number of nitrogens with zero attached hydrogens (tertiary/aromatic N) is 2. The lowest BCUT2D eigenvalue weighted by Gasteiger charge is -2.01. The van der Waals surface area contributed by atoms with Crippen LogP contribution in [0.25, 0.3) is 44.3 Å². The van der Waals surface area contributed by atoms with Crippen LogP contribution in [0.4, 0.5) is 0 Å². The highest BCUT2D eigenvalue weighted by Crippen LogP contribution is 2.31. The zero-order valence-electron chi connectivity index (χ0n) is 12.8. The van der Waals surface area contributed by atoms with E-state index in [-0.39, 0.29) is 0 Å². The molecule has 0 fully saturated rings. The fraction of sp³-hybridized carbons (Fsp3) is 0. The Hall–Kier alpha value is -3.40. The van der Waals surface area contributed by atoms with E-state index in [0.29, 0.717) is 0 Å². The molecule has 0 spiro atoms. The zero-order valence-corrected chi connectivity index (χ0v) is 12.8. The molecule has 0 aliphatic rings. The van der Waals surface area contributed by atoms with Crippen molar-refractivity contribution in [2.45, 2.75) is 0 Å². The lowest BCUT2D eigenvalue weighted by Crippen LogP contribution is -1.80. The molecule has 2 N–H and O–H groups in total. The quantitative estimate of drug-likeness (QED) is 0.493. The first-order chi connectivity index (χ1) is 11.9. The van der Waals surface area contributed by atoms with Gasteiger partial charge in [-0.1, -0.05) is 24.3 Å². The second kappa shape index (κ2) is 5.06. The number of benzene rings is 2. The van der Waals surface area contributed by atoms with Crippen LogP contribution in [0.5, 0.6) is 0 Å². The van der Waals surface area contributed by atoms with E-state index in [4.69, 9.17) is 0 Å². The maximum Gasteiger partial charge on any atom is 0.116 e. The van der Waals surface area contributed by atoms with E-state index in [9.17, 15) is 0 Å². The van der Waals surface area contributed by atoms with E-state index in [1.165, 1.54) is 5.39 Å². The summed E-state index contributed by atoms with van der Waals surface area (Å²) in [5.41, 5.74) is 6.42. The number of nitrogens with one attached hydrogen (secondary N) is 2. The van der Waals surface area contributed by atoms with Crippen molar-refractivity contribution in [3.63, 3.8) is 0 Å². The Bertz CT molecular complexity index is 1120. The van der Waals surface area contributed by atoms with Crippen LogP contribution in [0.15, 0.2) is 73.1 Å². The Morgan fingerprint density at radius 3 is 2.50 bits per heavy atom. The molecule has 3 aromatic heterocycles. The maximum atomic E-state index is 4.53. The summed E-state index contributed by atoms with van der Waals surface area (Å²) >= 11 is 0. The minimum absolute atomic E-state index is 0.947. The smallest absolute Gasteiger partial charge is 0.116 e. The van der Waals surface area contributed by atoms with Crippen molar-refractivity contribution < 1.29 is 0 Å². The average Bonchev–Trinajstić information content (AvgIpc) is 3.25. The van der Waals surface area contributed by atoms with Gasteiger partial charge in [-0.3, -0.25) is 10.1 Å². The van der Waals surface area contributed by atoms with Gasteiger partial charge in [0.1, 0.15) is 5.69 Å². The molecular weight excluding hydrogens is 296 g/mol. The predicted molar refractivity (Wildman–Crippen MR) is 96.6 cm³/mol. The van der Waals surface area contributed by atoms with Gasteiger partial charge in [0.05, 0.1) is 11.2 Å². The number of fused-ring (bicyclic) bond motifs is 2. The monoisotopic (exact) mass is 310 g/mol. The SMILES string of the molecule is c1ccc2[nH]c(-c3n[nH]c4cc(-c5ccncc5)ccc34)cc2c1. The van der Waals surface area contributed by atoms with Gasteiger partial charge in [0.25, 0.3) is 0 Å². The minimum atomic E-state index is 0.947. The number of aromatic amines is 2. The zero-order chi connectivity index (χ0) is 15.9. The van der Waals surface area contributed by atoms with Crippen LogP contribution in [0, 0.1) is 0 Å². The number of aromatic nitrogens is 4. The molecule has 5 aromatic rings. The van der Waals surface area contributed by atoms with Crippen molar-refractivity contribution in [1.82, 2.24) is 20.2 Å². The number of H-pyrrole nitrogens is 2.